The van der Waals surface area contributed by atoms with E-state index in [0.29, 0.717) is 0 Å². The first-order valence-electron chi connectivity index (χ1n) is 0.565. The maximum absolute atomic E-state index is 8.36. The van der Waals surface area contributed by atoms with Gasteiger partial charge in [0.25, 0.3) is 5.09 Å². The maximum atomic E-state index is 8.36. The largest absolute Gasteiger partial charge is 0.328 e. The summed E-state index contributed by atoms with van der Waals surface area (Å²) in [6.07, 6.45) is 0. The second-order valence-electron chi connectivity index (χ2n) is 0.238. The predicted molar refractivity (Wildman–Crippen MR) is 14.5 cm³/mol. The molecule has 0 aliphatic heterocycles. The molecule has 0 atom stereocenters. The van der Waals surface area contributed by atoms with Crippen molar-refractivity contribution in [1.29, 1.82) is 0 Å². The van der Waals surface area contributed by atoms with Crippen molar-refractivity contribution in [3.8, 4) is 0 Å². The second-order valence-corrected chi connectivity index (χ2v) is 0.238. The van der Waals surface area contributed by atoms with Gasteiger partial charge >= 0.3 is 0 Å². The van der Waals surface area contributed by atoms with Gasteiger partial charge in [-0.15, -0.1) is 10.1 Å². The molecule has 0 unspecified atom stereocenters. The zero-order valence-electron chi connectivity index (χ0n) is 2.59. The average molecular weight is 375 g/mol. The minimum absolute atomic E-state index is 0. The SMILES string of the molecule is O=[N+]([O-])O.[Ag].[Tl]. The standard InChI is InChI=1S/Ag.HNO3.Tl/c;2-1(3)4;/h;(H,2,3,4);. The van der Waals surface area contributed by atoms with E-state index in [0.717, 1.165) is 0 Å². The van der Waals surface area contributed by atoms with Crippen LogP contribution in [0.3, 0.4) is 0 Å². The number of rotatable bonds is 0. The molecule has 0 amide bonds. The summed E-state index contributed by atoms with van der Waals surface area (Å²) in [6, 6.07) is 0. The number of hydrogen-bond acceptors (Lipinski definition) is 2. The topological polar surface area (TPSA) is 63.4 Å². The first kappa shape index (κ1) is 15.8. The molecule has 0 aromatic heterocycles. The molecule has 0 rings (SSSR count). The summed E-state index contributed by atoms with van der Waals surface area (Å²) in [4.78, 5) is 8.36. The molecule has 0 aliphatic rings. The number of nitrogens with zero attached hydrogens (tertiary/aromatic N) is 1. The van der Waals surface area contributed by atoms with Gasteiger partial charge < -0.3 is 5.21 Å². The predicted octanol–water partition coefficient (Wildman–Crippen LogP) is -0.731. The van der Waals surface area contributed by atoms with Crippen molar-refractivity contribution in [3.63, 3.8) is 0 Å². The Bertz CT molecular complexity index is 33.8. The van der Waals surface area contributed by atoms with Gasteiger partial charge in [-0.1, -0.05) is 0 Å². The molecule has 0 spiro atoms. The summed E-state index contributed by atoms with van der Waals surface area (Å²) >= 11 is 0. The summed E-state index contributed by atoms with van der Waals surface area (Å²) in [6.45, 7) is 0. The van der Waals surface area contributed by atoms with E-state index < -0.39 is 5.09 Å². The molecule has 0 saturated heterocycles. The number of hydrogen-bond donors (Lipinski definition) is 1. The van der Waals surface area contributed by atoms with Crippen molar-refractivity contribution in [2.45, 2.75) is 0 Å². The van der Waals surface area contributed by atoms with Crippen LogP contribution >= 0.6 is 0 Å². The van der Waals surface area contributed by atoms with Crippen LogP contribution in [0.25, 0.3) is 0 Å². The molecule has 0 fully saturated rings. The van der Waals surface area contributed by atoms with Crippen molar-refractivity contribution in [3.05, 3.63) is 10.1 Å². The van der Waals surface area contributed by atoms with Crippen molar-refractivity contribution >= 4 is 27.3 Å². The molecule has 0 heterocycles. The summed E-state index contributed by atoms with van der Waals surface area (Å²) in [5.41, 5.74) is 0. The molecule has 0 saturated carbocycles. The van der Waals surface area contributed by atoms with Gasteiger partial charge in [-0.3, -0.25) is 0 Å². The fourth-order valence-electron chi connectivity index (χ4n) is 0. The Morgan fingerprint density at radius 3 is 1.67 bits per heavy atom. The van der Waals surface area contributed by atoms with Crippen LogP contribution in [0, 0.1) is 10.1 Å². The molecular weight excluding hydrogens is 374 g/mol. The van der Waals surface area contributed by atoms with E-state index in [9.17, 15) is 0 Å². The molecule has 0 aromatic rings. The van der Waals surface area contributed by atoms with Crippen molar-refractivity contribution < 1.29 is 32.7 Å². The van der Waals surface area contributed by atoms with Gasteiger partial charge in [0.05, 0.1) is 0 Å². The smallest absolute Gasteiger partial charge is 0.291 e. The Morgan fingerprint density at radius 2 is 1.67 bits per heavy atom. The van der Waals surface area contributed by atoms with E-state index in [1.54, 1.807) is 0 Å². The normalized spacial score (nSPS) is 4.00. The summed E-state index contributed by atoms with van der Waals surface area (Å²) in [7, 11) is 0. The summed E-state index contributed by atoms with van der Waals surface area (Å²) in [5.74, 6) is 0. The van der Waals surface area contributed by atoms with Gasteiger partial charge in [0, 0.05) is 49.7 Å². The Hall–Kier alpha value is 0.862. The van der Waals surface area contributed by atoms with Crippen molar-refractivity contribution in [2.24, 2.45) is 0 Å². The van der Waals surface area contributed by atoms with Gasteiger partial charge in [0.1, 0.15) is 0 Å². The first-order valence-corrected chi connectivity index (χ1v) is 0.565. The van der Waals surface area contributed by atoms with Gasteiger partial charge in [0.2, 0.25) is 0 Å². The quantitative estimate of drug-likeness (QED) is 0.345. The van der Waals surface area contributed by atoms with Crippen LogP contribution in [0.5, 0.6) is 0 Å². The first-order chi connectivity index (χ1) is 1.73. The summed E-state index contributed by atoms with van der Waals surface area (Å²) < 4.78 is 0. The van der Waals surface area contributed by atoms with Crippen LogP contribution in [-0.2, 0) is 22.4 Å². The van der Waals surface area contributed by atoms with Crippen LogP contribution in [-0.4, -0.2) is 37.6 Å². The zero-order chi connectivity index (χ0) is 3.58. The molecule has 38 valence electrons. The molecule has 0 bridgehead atoms. The second kappa shape index (κ2) is 9.29. The fourth-order valence-corrected chi connectivity index (χ4v) is 0. The maximum Gasteiger partial charge on any atom is 0.291 e. The van der Waals surface area contributed by atoms with E-state index in [-0.39, 0.29) is 49.7 Å². The van der Waals surface area contributed by atoms with Gasteiger partial charge in [-0.05, 0) is 0 Å². The molecule has 2 radical (unpaired) electrons. The van der Waals surface area contributed by atoms with E-state index in [1.807, 2.05) is 0 Å². The van der Waals surface area contributed by atoms with Crippen LogP contribution in [0.4, 0.5) is 0 Å². The van der Waals surface area contributed by atoms with E-state index >= 15 is 0 Å². The molecule has 0 aliphatic carbocycles. The molecule has 1 N–H and O–H groups in total. The Morgan fingerprint density at radius 1 is 1.67 bits per heavy atom. The third-order valence-electron chi connectivity index (χ3n) is 0. The molecule has 6 heavy (non-hydrogen) atoms. The van der Waals surface area contributed by atoms with E-state index in [1.165, 1.54) is 0 Å². The molecular formula is HAgNO3Tl. The van der Waals surface area contributed by atoms with E-state index in [4.69, 9.17) is 15.3 Å². The van der Waals surface area contributed by atoms with Crippen LogP contribution < -0.4 is 0 Å². The van der Waals surface area contributed by atoms with E-state index in [2.05, 4.69) is 0 Å². The Labute approximate surface area is 69.7 Å². The fraction of sp³-hybridized carbons (Fsp3) is 0. The van der Waals surface area contributed by atoms with Crippen LogP contribution in [0.15, 0.2) is 0 Å². The van der Waals surface area contributed by atoms with Crippen molar-refractivity contribution in [1.82, 2.24) is 0 Å². The molecule has 6 heteroatoms. The minimum atomic E-state index is -1.50. The zero-order valence-corrected chi connectivity index (χ0v) is 8.56. The Kier molecular flexibility index (Phi) is 24.5. The summed E-state index contributed by atoms with van der Waals surface area (Å²) in [5, 5.41) is 13.6. The average Bonchev–Trinajstić information content (AvgIpc) is 0.811. The third kappa shape index (κ3) is 97.5. The van der Waals surface area contributed by atoms with Gasteiger partial charge in [-0.2, -0.15) is 0 Å². The molecule has 4 nitrogen and oxygen atoms in total. The van der Waals surface area contributed by atoms with Gasteiger partial charge in [-0.25, -0.2) is 0 Å². The monoisotopic (exact) mass is 375 g/mol. The van der Waals surface area contributed by atoms with Crippen LogP contribution in [0.2, 0.25) is 0 Å². The Balaban J connectivity index is -0.0000000450. The third-order valence-corrected chi connectivity index (χ3v) is 0. The van der Waals surface area contributed by atoms with Gasteiger partial charge in [0.15, 0.2) is 0 Å². The van der Waals surface area contributed by atoms with Crippen LogP contribution in [0.1, 0.15) is 0 Å². The van der Waals surface area contributed by atoms with Crippen molar-refractivity contribution in [2.75, 3.05) is 0 Å². The molecule has 0 aromatic carbocycles. The minimum Gasteiger partial charge on any atom is -0.328 e.